The number of nitrogens with zero attached hydrogens (tertiary/aromatic N) is 1. The Morgan fingerprint density at radius 1 is 1.41 bits per heavy atom. The molecule has 0 saturated carbocycles. The molecule has 1 atom stereocenters. The average molecular weight is 306 g/mol. The zero-order valence-corrected chi connectivity index (χ0v) is 13.0. The van der Waals surface area contributed by atoms with E-state index in [1.165, 1.54) is 0 Å². The second kappa shape index (κ2) is 7.68. The van der Waals surface area contributed by atoms with Crippen molar-refractivity contribution in [3.05, 3.63) is 24.3 Å². The number of hydrogen-bond donors (Lipinski definition) is 1. The first-order valence-corrected chi connectivity index (χ1v) is 7.50. The largest absolute Gasteiger partial charge is 0.497 e. The summed E-state index contributed by atoms with van der Waals surface area (Å²) in [6, 6.07) is 7.22. The summed E-state index contributed by atoms with van der Waals surface area (Å²) in [7, 11) is 1.58. The van der Waals surface area contributed by atoms with Crippen LogP contribution in [-0.4, -0.2) is 43.7 Å². The normalized spacial score (nSPS) is 17.7. The molecule has 1 unspecified atom stereocenters. The number of anilines is 1. The Hall–Kier alpha value is -2.24. The minimum atomic E-state index is -0.346. The lowest BCUT2D eigenvalue weighted by Gasteiger charge is -2.31. The van der Waals surface area contributed by atoms with Gasteiger partial charge < -0.3 is 19.7 Å². The summed E-state index contributed by atoms with van der Waals surface area (Å²) < 4.78 is 10.1. The number of likely N-dealkylation sites (tertiary alicyclic amines) is 1. The lowest BCUT2D eigenvalue weighted by Crippen LogP contribution is -2.44. The van der Waals surface area contributed by atoms with Crippen LogP contribution in [0.3, 0.4) is 0 Å². The average Bonchev–Trinajstić information content (AvgIpc) is 2.55. The van der Waals surface area contributed by atoms with Gasteiger partial charge in [-0.3, -0.25) is 4.79 Å². The third-order valence-corrected chi connectivity index (χ3v) is 3.66. The van der Waals surface area contributed by atoms with Crippen molar-refractivity contribution in [3.63, 3.8) is 0 Å². The quantitative estimate of drug-likeness (QED) is 0.928. The van der Waals surface area contributed by atoms with Crippen LogP contribution in [0.4, 0.5) is 10.5 Å². The van der Waals surface area contributed by atoms with Gasteiger partial charge in [-0.25, -0.2) is 4.79 Å². The number of amides is 2. The second-order valence-electron chi connectivity index (χ2n) is 5.21. The van der Waals surface area contributed by atoms with Crippen LogP contribution < -0.4 is 10.1 Å². The summed E-state index contributed by atoms with van der Waals surface area (Å²) in [5.74, 6) is 0.390. The summed E-state index contributed by atoms with van der Waals surface area (Å²) in [6.45, 7) is 3.15. The first-order chi connectivity index (χ1) is 10.6. The van der Waals surface area contributed by atoms with Crippen LogP contribution in [-0.2, 0) is 9.53 Å². The highest BCUT2D eigenvalue weighted by Crippen LogP contribution is 2.21. The summed E-state index contributed by atoms with van der Waals surface area (Å²) in [5, 5.41) is 2.88. The smallest absolute Gasteiger partial charge is 0.409 e. The van der Waals surface area contributed by atoms with Crippen LogP contribution in [0.2, 0.25) is 0 Å². The molecule has 6 heteroatoms. The highest BCUT2D eigenvalue weighted by Gasteiger charge is 2.29. The molecule has 1 heterocycles. The Balaban J connectivity index is 1.95. The van der Waals surface area contributed by atoms with E-state index >= 15 is 0 Å². The Bertz CT molecular complexity index is 533. The van der Waals surface area contributed by atoms with Gasteiger partial charge in [-0.2, -0.15) is 0 Å². The van der Waals surface area contributed by atoms with E-state index in [0.717, 1.165) is 12.8 Å². The van der Waals surface area contributed by atoms with E-state index in [9.17, 15) is 9.59 Å². The molecular weight excluding hydrogens is 284 g/mol. The van der Waals surface area contributed by atoms with Crippen LogP contribution in [0.1, 0.15) is 19.8 Å². The Morgan fingerprint density at radius 2 is 2.23 bits per heavy atom. The van der Waals surface area contributed by atoms with Crippen molar-refractivity contribution in [3.8, 4) is 5.75 Å². The lowest BCUT2D eigenvalue weighted by atomic mass is 9.97. The molecule has 1 saturated heterocycles. The first kappa shape index (κ1) is 16.1. The zero-order chi connectivity index (χ0) is 15.9. The van der Waals surface area contributed by atoms with Gasteiger partial charge in [0.15, 0.2) is 0 Å². The first-order valence-electron chi connectivity index (χ1n) is 7.50. The van der Waals surface area contributed by atoms with E-state index < -0.39 is 0 Å². The molecule has 1 aromatic rings. The van der Waals surface area contributed by atoms with E-state index in [-0.39, 0.29) is 17.9 Å². The highest BCUT2D eigenvalue weighted by atomic mass is 16.6. The molecule has 6 nitrogen and oxygen atoms in total. The molecule has 1 aromatic carbocycles. The minimum Gasteiger partial charge on any atom is -0.497 e. The maximum absolute atomic E-state index is 12.4. The molecule has 2 amide bonds. The van der Waals surface area contributed by atoms with Crippen molar-refractivity contribution in [1.29, 1.82) is 0 Å². The van der Waals surface area contributed by atoms with Gasteiger partial charge in [0.05, 0.1) is 19.6 Å². The molecule has 1 aliphatic rings. The van der Waals surface area contributed by atoms with Crippen LogP contribution in [0.5, 0.6) is 5.75 Å². The van der Waals surface area contributed by atoms with E-state index in [4.69, 9.17) is 9.47 Å². The molecule has 1 N–H and O–H groups in total. The fraction of sp³-hybridized carbons (Fsp3) is 0.500. The predicted octanol–water partition coefficient (Wildman–Crippen LogP) is 2.50. The van der Waals surface area contributed by atoms with Gasteiger partial charge in [-0.15, -0.1) is 0 Å². The third-order valence-electron chi connectivity index (χ3n) is 3.66. The van der Waals surface area contributed by atoms with Crippen molar-refractivity contribution < 1.29 is 19.1 Å². The van der Waals surface area contributed by atoms with Gasteiger partial charge in [-0.05, 0) is 31.9 Å². The van der Waals surface area contributed by atoms with E-state index in [2.05, 4.69) is 5.32 Å². The Kier molecular flexibility index (Phi) is 5.63. The van der Waals surface area contributed by atoms with Crippen LogP contribution in [0.15, 0.2) is 24.3 Å². The number of nitrogens with one attached hydrogen (secondary N) is 1. The molecule has 2 rings (SSSR count). The number of ether oxygens (including phenoxy) is 2. The number of carbonyl (C=O) groups is 2. The highest BCUT2D eigenvalue weighted by molar-refractivity contribution is 5.93. The number of carbonyl (C=O) groups excluding carboxylic acids is 2. The zero-order valence-electron chi connectivity index (χ0n) is 13.0. The number of rotatable bonds is 4. The van der Waals surface area contributed by atoms with Gasteiger partial charge in [0.25, 0.3) is 0 Å². The van der Waals surface area contributed by atoms with Gasteiger partial charge in [0.1, 0.15) is 5.75 Å². The third kappa shape index (κ3) is 4.13. The number of hydrogen-bond acceptors (Lipinski definition) is 4. The topological polar surface area (TPSA) is 67.9 Å². The fourth-order valence-electron chi connectivity index (χ4n) is 2.52. The number of benzene rings is 1. The van der Waals surface area contributed by atoms with Gasteiger partial charge in [-0.1, -0.05) is 6.07 Å². The minimum absolute atomic E-state index is 0.0812. The fourth-order valence-corrected chi connectivity index (χ4v) is 2.52. The molecule has 0 bridgehead atoms. The standard InChI is InChI=1S/C16H22N2O4/c1-3-22-16(20)18-9-5-6-12(11-18)15(19)17-13-7-4-8-14(10-13)21-2/h4,7-8,10,12H,3,5-6,9,11H2,1-2H3,(H,17,19). The molecular formula is C16H22N2O4. The van der Waals surface area contributed by atoms with Gasteiger partial charge in [0, 0.05) is 24.8 Å². The van der Waals surface area contributed by atoms with E-state index in [1.54, 1.807) is 25.0 Å². The summed E-state index contributed by atoms with van der Waals surface area (Å²) >= 11 is 0. The van der Waals surface area contributed by atoms with Crippen molar-refractivity contribution in [1.82, 2.24) is 4.90 Å². The van der Waals surface area contributed by atoms with Crippen molar-refractivity contribution >= 4 is 17.7 Å². The second-order valence-corrected chi connectivity index (χ2v) is 5.21. The summed E-state index contributed by atoms with van der Waals surface area (Å²) in [6.07, 6.45) is 1.22. The summed E-state index contributed by atoms with van der Waals surface area (Å²) in [5.41, 5.74) is 0.692. The molecule has 1 fully saturated rings. The molecule has 0 aliphatic carbocycles. The van der Waals surface area contributed by atoms with Crippen molar-refractivity contribution in [2.75, 3.05) is 32.1 Å². The van der Waals surface area contributed by atoms with E-state index in [0.29, 0.717) is 31.1 Å². The van der Waals surface area contributed by atoms with Crippen LogP contribution in [0, 0.1) is 5.92 Å². The molecule has 1 aliphatic heterocycles. The molecule has 0 aromatic heterocycles. The SMILES string of the molecule is CCOC(=O)N1CCCC(C(=O)Nc2cccc(OC)c2)C1. The Morgan fingerprint density at radius 3 is 2.95 bits per heavy atom. The molecule has 0 spiro atoms. The Labute approximate surface area is 130 Å². The number of piperidine rings is 1. The van der Waals surface area contributed by atoms with Crippen LogP contribution in [0.25, 0.3) is 0 Å². The lowest BCUT2D eigenvalue weighted by molar-refractivity contribution is -0.121. The van der Waals surface area contributed by atoms with E-state index in [1.807, 2.05) is 18.2 Å². The molecule has 120 valence electrons. The maximum Gasteiger partial charge on any atom is 0.409 e. The molecule has 0 radical (unpaired) electrons. The monoisotopic (exact) mass is 306 g/mol. The van der Waals surface area contributed by atoms with Crippen LogP contribution >= 0.6 is 0 Å². The van der Waals surface area contributed by atoms with Crippen molar-refractivity contribution in [2.45, 2.75) is 19.8 Å². The maximum atomic E-state index is 12.4. The predicted molar refractivity (Wildman–Crippen MR) is 82.9 cm³/mol. The van der Waals surface area contributed by atoms with Gasteiger partial charge >= 0.3 is 6.09 Å². The van der Waals surface area contributed by atoms with Gasteiger partial charge in [0.2, 0.25) is 5.91 Å². The number of methoxy groups -OCH3 is 1. The molecule has 22 heavy (non-hydrogen) atoms. The van der Waals surface area contributed by atoms with Crippen molar-refractivity contribution in [2.24, 2.45) is 5.92 Å². The summed E-state index contributed by atoms with van der Waals surface area (Å²) in [4.78, 5) is 25.7.